The van der Waals surface area contributed by atoms with Gasteiger partial charge in [-0.15, -0.1) is 0 Å². The van der Waals surface area contributed by atoms with E-state index in [2.05, 4.69) is 5.10 Å². The van der Waals surface area contributed by atoms with Crippen LogP contribution >= 0.6 is 0 Å². The second kappa shape index (κ2) is 6.37. The first kappa shape index (κ1) is 13.6. The van der Waals surface area contributed by atoms with Crippen molar-refractivity contribution in [1.82, 2.24) is 14.2 Å². The fourth-order valence-corrected chi connectivity index (χ4v) is 2.22. The van der Waals surface area contributed by atoms with E-state index in [0.29, 0.717) is 25.3 Å². The summed E-state index contributed by atoms with van der Waals surface area (Å²) in [5.74, 6) is 0. The van der Waals surface area contributed by atoms with Crippen LogP contribution in [0.25, 0.3) is 5.52 Å². The van der Waals surface area contributed by atoms with Gasteiger partial charge in [-0.3, -0.25) is 4.79 Å². The maximum atomic E-state index is 12.1. The van der Waals surface area contributed by atoms with Crippen LogP contribution in [0.15, 0.2) is 59.8 Å². The number of rotatable bonds is 6. The highest BCUT2D eigenvalue weighted by atomic mass is 16.5. The van der Waals surface area contributed by atoms with Crippen molar-refractivity contribution in [1.29, 1.82) is 0 Å². The average molecular weight is 283 g/mol. The van der Waals surface area contributed by atoms with Crippen molar-refractivity contribution in [3.05, 3.63) is 70.9 Å². The van der Waals surface area contributed by atoms with E-state index >= 15 is 0 Å². The zero-order valence-electron chi connectivity index (χ0n) is 11.7. The minimum Gasteiger partial charge on any atom is -0.377 e. The molecule has 0 saturated carbocycles. The van der Waals surface area contributed by atoms with E-state index in [9.17, 15) is 4.79 Å². The molecular weight excluding hydrogens is 266 g/mol. The van der Waals surface area contributed by atoms with Gasteiger partial charge in [-0.25, -0.2) is 4.68 Å². The third-order valence-electron chi connectivity index (χ3n) is 3.32. The molecule has 0 unspecified atom stereocenters. The summed E-state index contributed by atoms with van der Waals surface area (Å²) >= 11 is 0. The molecule has 2 heterocycles. The van der Waals surface area contributed by atoms with E-state index in [1.807, 2.05) is 42.6 Å². The van der Waals surface area contributed by atoms with E-state index < -0.39 is 0 Å². The van der Waals surface area contributed by atoms with Gasteiger partial charge in [0.2, 0.25) is 0 Å². The number of aryl methyl sites for hydroxylation is 1. The summed E-state index contributed by atoms with van der Waals surface area (Å²) in [6.07, 6.45) is 4.23. The first-order chi connectivity index (χ1) is 10.3. The number of nitrogens with zero attached hydrogens (tertiary/aromatic N) is 3. The molecule has 0 bridgehead atoms. The molecule has 0 saturated heterocycles. The van der Waals surface area contributed by atoms with Gasteiger partial charge in [-0.05, 0) is 24.1 Å². The van der Waals surface area contributed by atoms with Crippen molar-refractivity contribution in [3.63, 3.8) is 0 Å². The van der Waals surface area contributed by atoms with Crippen molar-refractivity contribution in [2.24, 2.45) is 0 Å². The molecule has 0 spiro atoms. The average Bonchev–Trinajstić information content (AvgIpc) is 2.99. The van der Waals surface area contributed by atoms with Gasteiger partial charge in [0, 0.05) is 19.3 Å². The molecular formula is C16H17N3O2. The molecule has 0 aliphatic carbocycles. The van der Waals surface area contributed by atoms with E-state index in [0.717, 1.165) is 12.0 Å². The number of aromatic nitrogens is 3. The van der Waals surface area contributed by atoms with E-state index in [-0.39, 0.29) is 5.56 Å². The molecule has 2 aromatic heterocycles. The minimum absolute atomic E-state index is 0.0643. The van der Waals surface area contributed by atoms with Gasteiger partial charge in [-0.1, -0.05) is 30.3 Å². The monoisotopic (exact) mass is 283 g/mol. The fraction of sp³-hybridized carbons (Fsp3) is 0.250. The third-order valence-corrected chi connectivity index (χ3v) is 3.32. The Kier molecular flexibility index (Phi) is 4.12. The highest BCUT2D eigenvalue weighted by Crippen LogP contribution is 2.01. The minimum atomic E-state index is -0.0643. The highest BCUT2D eigenvalue weighted by Gasteiger charge is 2.03. The molecule has 1 aromatic carbocycles. The molecule has 0 N–H and O–H groups in total. The van der Waals surface area contributed by atoms with Crippen molar-refractivity contribution in [2.75, 3.05) is 6.61 Å². The molecule has 0 atom stereocenters. The summed E-state index contributed by atoms with van der Waals surface area (Å²) < 4.78 is 8.82. The fourth-order valence-electron chi connectivity index (χ4n) is 2.22. The van der Waals surface area contributed by atoms with Gasteiger partial charge in [0.15, 0.2) is 0 Å². The Morgan fingerprint density at radius 1 is 1.10 bits per heavy atom. The first-order valence-corrected chi connectivity index (χ1v) is 6.99. The van der Waals surface area contributed by atoms with Crippen LogP contribution in [-0.2, 0) is 17.9 Å². The number of ether oxygens (including phenoxy) is 1. The second-order valence-corrected chi connectivity index (χ2v) is 4.85. The predicted molar refractivity (Wildman–Crippen MR) is 80.2 cm³/mol. The van der Waals surface area contributed by atoms with Crippen LogP contribution in [0.3, 0.4) is 0 Å². The summed E-state index contributed by atoms with van der Waals surface area (Å²) in [7, 11) is 0. The lowest BCUT2D eigenvalue weighted by Gasteiger charge is -2.06. The maximum absolute atomic E-state index is 12.1. The lowest BCUT2D eigenvalue weighted by molar-refractivity contribution is 0.114. The normalized spacial score (nSPS) is 11.0. The molecule has 5 heteroatoms. The lowest BCUT2D eigenvalue weighted by Crippen LogP contribution is -2.24. The zero-order valence-corrected chi connectivity index (χ0v) is 11.7. The molecule has 0 fully saturated rings. The summed E-state index contributed by atoms with van der Waals surface area (Å²) in [4.78, 5) is 12.1. The van der Waals surface area contributed by atoms with Crippen molar-refractivity contribution >= 4 is 5.52 Å². The van der Waals surface area contributed by atoms with Crippen molar-refractivity contribution in [3.8, 4) is 0 Å². The SMILES string of the molecule is O=c1c2cccn2cnn1CCCOCc1ccccc1. The molecule has 108 valence electrons. The summed E-state index contributed by atoms with van der Waals surface area (Å²) in [6.45, 7) is 1.77. The molecule has 3 rings (SSSR count). The molecule has 5 nitrogen and oxygen atoms in total. The van der Waals surface area contributed by atoms with Crippen LogP contribution < -0.4 is 5.56 Å². The Balaban J connectivity index is 1.50. The molecule has 0 aliphatic rings. The Morgan fingerprint density at radius 3 is 2.81 bits per heavy atom. The van der Waals surface area contributed by atoms with Crippen LogP contribution in [0.2, 0.25) is 0 Å². The highest BCUT2D eigenvalue weighted by molar-refractivity contribution is 5.43. The number of hydrogen-bond acceptors (Lipinski definition) is 3. The molecule has 21 heavy (non-hydrogen) atoms. The Hall–Kier alpha value is -2.40. The molecule has 0 aliphatic heterocycles. The lowest BCUT2D eigenvalue weighted by atomic mass is 10.2. The molecule has 0 amide bonds. The number of fused-ring (bicyclic) bond motifs is 1. The summed E-state index contributed by atoms with van der Waals surface area (Å²) in [5, 5.41) is 4.15. The van der Waals surface area contributed by atoms with Crippen LogP contribution in [0.1, 0.15) is 12.0 Å². The maximum Gasteiger partial charge on any atom is 0.290 e. The van der Waals surface area contributed by atoms with Gasteiger partial charge >= 0.3 is 0 Å². The van der Waals surface area contributed by atoms with Crippen molar-refractivity contribution in [2.45, 2.75) is 19.6 Å². The predicted octanol–water partition coefficient (Wildman–Crippen LogP) is 2.10. The van der Waals surface area contributed by atoms with Crippen LogP contribution in [-0.4, -0.2) is 20.8 Å². The third kappa shape index (κ3) is 3.20. The summed E-state index contributed by atoms with van der Waals surface area (Å²) in [5.41, 5.74) is 1.74. The van der Waals surface area contributed by atoms with Gasteiger partial charge in [0.05, 0.1) is 6.61 Å². The zero-order chi connectivity index (χ0) is 14.5. The molecule has 3 aromatic rings. The van der Waals surface area contributed by atoms with Gasteiger partial charge < -0.3 is 9.14 Å². The largest absolute Gasteiger partial charge is 0.377 e. The first-order valence-electron chi connectivity index (χ1n) is 6.99. The Morgan fingerprint density at radius 2 is 1.95 bits per heavy atom. The molecule has 0 radical (unpaired) electrons. The second-order valence-electron chi connectivity index (χ2n) is 4.85. The quantitative estimate of drug-likeness (QED) is 0.651. The van der Waals surface area contributed by atoms with Crippen LogP contribution in [0.5, 0.6) is 0 Å². The Labute approximate surface area is 122 Å². The number of hydrogen-bond donors (Lipinski definition) is 0. The topological polar surface area (TPSA) is 48.5 Å². The van der Waals surface area contributed by atoms with E-state index in [1.54, 1.807) is 16.8 Å². The van der Waals surface area contributed by atoms with E-state index in [4.69, 9.17) is 4.74 Å². The smallest absolute Gasteiger partial charge is 0.290 e. The Bertz CT molecular complexity index is 762. The van der Waals surface area contributed by atoms with Gasteiger partial charge in [-0.2, -0.15) is 5.10 Å². The number of benzene rings is 1. The standard InChI is InChI=1S/C16H17N3O2/c20-16-15-8-4-9-18(15)13-17-19(16)10-5-11-21-12-14-6-2-1-3-7-14/h1-4,6-9,13H,5,10-12H2. The van der Waals surface area contributed by atoms with Crippen LogP contribution in [0.4, 0.5) is 0 Å². The van der Waals surface area contributed by atoms with E-state index in [1.165, 1.54) is 4.68 Å². The summed E-state index contributed by atoms with van der Waals surface area (Å²) in [6, 6.07) is 13.7. The van der Waals surface area contributed by atoms with Crippen molar-refractivity contribution < 1.29 is 4.74 Å². The van der Waals surface area contributed by atoms with Crippen LogP contribution in [0, 0.1) is 0 Å². The van der Waals surface area contributed by atoms with Gasteiger partial charge in [0.25, 0.3) is 5.56 Å². The van der Waals surface area contributed by atoms with Gasteiger partial charge in [0.1, 0.15) is 11.8 Å².